The number of rotatable bonds is 4. The van der Waals surface area contributed by atoms with E-state index in [2.05, 4.69) is 10.6 Å². The molecule has 4 nitrogen and oxygen atoms in total. The molecule has 108 valence electrons. The Hall–Kier alpha value is -2.14. The van der Waals surface area contributed by atoms with Gasteiger partial charge in [-0.3, -0.25) is 9.59 Å². The molecule has 1 heterocycles. The molecule has 1 aromatic carbocycles. The molecule has 0 aliphatic heterocycles. The van der Waals surface area contributed by atoms with Crippen molar-refractivity contribution in [3.63, 3.8) is 0 Å². The molecule has 0 spiro atoms. The Morgan fingerprint density at radius 2 is 1.90 bits per heavy atom. The maximum atomic E-state index is 12.3. The van der Waals surface area contributed by atoms with Gasteiger partial charge in [0.15, 0.2) is 0 Å². The number of benzene rings is 1. The minimum atomic E-state index is -0.170. The molecule has 5 heteroatoms. The predicted octanol–water partition coefficient (Wildman–Crippen LogP) is 3.27. The van der Waals surface area contributed by atoms with Gasteiger partial charge in [-0.1, -0.05) is 30.3 Å². The molecule has 21 heavy (non-hydrogen) atoms. The number of hydrogen-bond acceptors (Lipinski definition) is 3. The number of hydrogen-bond donors (Lipinski definition) is 2. The Morgan fingerprint density at radius 1 is 1.19 bits per heavy atom. The zero-order valence-electron chi connectivity index (χ0n) is 11.7. The molecule has 1 aromatic heterocycles. The topological polar surface area (TPSA) is 58.2 Å². The van der Waals surface area contributed by atoms with Crippen molar-refractivity contribution in [2.24, 2.45) is 0 Å². The normalized spacial score (nSPS) is 13.8. The molecule has 2 amide bonds. The molecule has 1 fully saturated rings. The summed E-state index contributed by atoms with van der Waals surface area (Å²) in [7, 11) is 0. The van der Waals surface area contributed by atoms with Gasteiger partial charge in [-0.15, -0.1) is 11.3 Å². The van der Waals surface area contributed by atoms with Crippen LogP contribution < -0.4 is 10.6 Å². The van der Waals surface area contributed by atoms with Crippen molar-refractivity contribution in [3.05, 3.63) is 42.0 Å². The van der Waals surface area contributed by atoms with Crippen LogP contribution in [0.4, 0.5) is 5.00 Å². The zero-order chi connectivity index (χ0) is 14.8. The second kappa shape index (κ2) is 5.69. The number of nitrogens with one attached hydrogen (secondary N) is 2. The van der Waals surface area contributed by atoms with Crippen LogP contribution in [-0.2, 0) is 4.79 Å². The summed E-state index contributed by atoms with van der Waals surface area (Å²) in [6.07, 6.45) is 2.08. The summed E-state index contributed by atoms with van der Waals surface area (Å²) in [6, 6.07) is 12.0. The van der Waals surface area contributed by atoms with Gasteiger partial charge in [0.05, 0.1) is 5.56 Å². The maximum absolute atomic E-state index is 12.3. The van der Waals surface area contributed by atoms with Crippen molar-refractivity contribution in [2.45, 2.75) is 25.8 Å². The zero-order valence-corrected chi connectivity index (χ0v) is 12.5. The predicted molar refractivity (Wildman–Crippen MR) is 84.5 cm³/mol. The summed E-state index contributed by atoms with van der Waals surface area (Å²) in [5, 5.41) is 6.33. The van der Waals surface area contributed by atoms with Crippen molar-refractivity contribution >= 4 is 28.2 Å². The van der Waals surface area contributed by atoms with Crippen molar-refractivity contribution in [3.8, 4) is 10.4 Å². The van der Waals surface area contributed by atoms with E-state index in [4.69, 9.17) is 0 Å². The van der Waals surface area contributed by atoms with Crippen LogP contribution >= 0.6 is 11.3 Å². The van der Waals surface area contributed by atoms with Crippen LogP contribution in [0.25, 0.3) is 10.4 Å². The summed E-state index contributed by atoms with van der Waals surface area (Å²) >= 11 is 1.42. The first-order chi connectivity index (χ1) is 10.1. The van der Waals surface area contributed by atoms with E-state index < -0.39 is 0 Å². The number of carbonyl (C=O) groups is 2. The van der Waals surface area contributed by atoms with Gasteiger partial charge in [0.2, 0.25) is 5.91 Å². The van der Waals surface area contributed by atoms with Crippen LogP contribution in [0.1, 0.15) is 30.1 Å². The molecular formula is C16H16N2O2S. The summed E-state index contributed by atoms with van der Waals surface area (Å²) in [5.74, 6) is -0.281. The van der Waals surface area contributed by atoms with E-state index in [1.807, 2.05) is 36.4 Å². The SMILES string of the molecule is CC(=O)Nc1sc(-c2ccccc2)cc1C(=O)NC1CC1. The van der Waals surface area contributed by atoms with Gasteiger partial charge < -0.3 is 10.6 Å². The van der Waals surface area contributed by atoms with Gasteiger partial charge in [-0.2, -0.15) is 0 Å². The molecule has 0 bridgehead atoms. The van der Waals surface area contributed by atoms with Crippen LogP contribution in [0.3, 0.4) is 0 Å². The van der Waals surface area contributed by atoms with Gasteiger partial charge >= 0.3 is 0 Å². The fourth-order valence-electron chi connectivity index (χ4n) is 2.05. The minimum absolute atomic E-state index is 0.111. The van der Waals surface area contributed by atoms with Crippen molar-refractivity contribution in [2.75, 3.05) is 5.32 Å². The fraction of sp³-hybridized carbons (Fsp3) is 0.250. The molecule has 1 saturated carbocycles. The minimum Gasteiger partial charge on any atom is -0.349 e. The van der Waals surface area contributed by atoms with E-state index >= 15 is 0 Å². The van der Waals surface area contributed by atoms with Crippen molar-refractivity contribution in [1.82, 2.24) is 5.32 Å². The van der Waals surface area contributed by atoms with Crippen LogP contribution in [0.2, 0.25) is 0 Å². The first kappa shape index (κ1) is 13.8. The monoisotopic (exact) mass is 300 g/mol. The van der Waals surface area contributed by atoms with E-state index in [0.29, 0.717) is 16.6 Å². The fourth-order valence-corrected chi connectivity index (χ4v) is 3.15. The second-order valence-electron chi connectivity index (χ2n) is 5.15. The van der Waals surface area contributed by atoms with Gasteiger partial charge in [0.25, 0.3) is 5.91 Å². The Bertz CT molecular complexity index is 675. The highest BCUT2D eigenvalue weighted by Crippen LogP contribution is 2.35. The molecule has 1 aliphatic carbocycles. The summed E-state index contributed by atoms with van der Waals surface area (Å²) in [4.78, 5) is 24.6. The number of amides is 2. The Morgan fingerprint density at radius 3 is 2.52 bits per heavy atom. The molecule has 1 aliphatic rings. The van der Waals surface area contributed by atoms with Gasteiger partial charge in [0, 0.05) is 17.8 Å². The van der Waals surface area contributed by atoms with Crippen LogP contribution in [-0.4, -0.2) is 17.9 Å². The first-order valence-corrected chi connectivity index (χ1v) is 7.73. The molecule has 0 radical (unpaired) electrons. The van der Waals surface area contributed by atoms with E-state index in [1.165, 1.54) is 18.3 Å². The van der Waals surface area contributed by atoms with Gasteiger partial charge in [-0.05, 0) is 24.5 Å². The van der Waals surface area contributed by atoms with Gasteiger partial charge in [-0.25, -0.2) is 0 Å². The summed E-state index contributed by atoms with van der Waals surface area (Å²) in [5.41, 5.74) is 1.58. The highest BCUT2D eigenvalue weighted by molar-refractivity contribution is 7.20. The second-order valence-corrected chi connectivity index (χ2v) is 6.20. The van der Waals surface area contributed by atoms with E-state index in [9.17, 15) is 9.59 Å². The lowest BCUT2D eigenvalue weighted by atomic mass is 10.1. The average Bonchev–Trinajstić information content (AvgIpc) is 3.17. The number of anilines is 1. The Kier molecular flexibility index (Phi) is 3.75. The van der Waals surface area contributed by atoms with Crippen LogP contribution in [0, 0.1) is 0 Å². The van der Waals surface area contributed by atoms with E-state index in [0.717, 1.165) is 23.3 Å². The molecule has 0 atom stereocenters. The quantitative estimate of drug-likeness (QED) is 0.910. The standard InChI is InChI=1S/C16H16N2O2S/c1-10(19)17-16-13(15(20)18-12-7-8-12)9-14(21-16)11-5-3-2-4-6-11/h2-6,9,12H,7-8H2,1H3,(H,17,19)(H,18,20). The van der Waals surface area contributed by atoms with Crippen molar-refractivity contribution in [1.29, 1.82) is 0 Å². The lowest BCUT2D eigenvalue weighted by Crippen LogP contribution is -2.25. The first-order valence-electron chi connectivity index (χ1n) is 6.91. The summed E-state index contributed by atoms with van der Waals surface area (Å²) < 4.78 is 0. The lowest BCUT2D eigenvalue weighted by molar-refractivity contribution is -0.114. The molecule has 0 unspecified atom stereocenters. The third kappa shape index (κ3) is 3.31. The summed E-state index contributed by atoms with van der Waals surface area (Å²) in [6.45, 7) is 1.45. The van der Waals surface area contributed by atoms with Gasteiger partial charge in [0.1, 0.15) is 5.00 Å². The van der Waals surface area contributed by atoms with E-state index in [1.54, 1.807) is 0 Å². The average molecular weight is 300 g/mol. The van der Waals surface area contributed by atoms with Crippen LogP contribution in [0.5, 0.6) is 0 Å². The maximum Gasteiger partial charge on any atom is 0.254 e. The molecule has 0 saturated heterocycles. The Labute approximate surface area is 127 Å². The molecule has 2 N–H and O–H groups in total. The van der Waals surface area contributed by atoms with Crippen molar-refractivity contribution < 1.29 is 9.59 Å². The molecule has 2 aromatic rings. The third-order valence-corrected chi connectivity index (χ3v) is 4.34. The number of thiophene rings is 1. The molecular weight excluding hydrogens is 284 g/mol. The molecule has 3 rings (SSSR count). The third-order valence-electron chi connectivity index (χ3n) is 3.24. The Balaban J connectivity index is 1.94. The highest BCUT2D eigenvalue weighted by Gasteiger charge is 2.26. The van der Waals surface area contributed by atoms with E-state index in [-0.39, 0.29) is 11.8 Å². The smallest absolute Gasteiger partial charge is 0.254 e. The lowest BCUT2D eigenvalue weighted by Gasteiger charge is -2.04. The largest absolute Gasteiger partial charge is 0.349 e. The number of carbonyl (C=O) groups excluding carboxylic acids is 2. The highest BCUT2D eigenvalue weighted by atomic mass is 32.1. The van der Waals surface area contributed by atoms with Crippen LogP contribution in [0.15, 0.2) is 36.4 Å².